The van der Waals surface area contributed by atoms with E-state index in [2.05, 4.69) is 9.80 Å². The summed E-state index contributed by atoms with van der Waals surface area (Å²) < 4.78 is 20.2. The molecule has 0 spiro atoms. The fourth-order valence-electron chi connectivity index (χ4n) is 1.77. The highest BCUT2D eigenvalue weighted by molar-refractivity contribution is 7.79. The number of hydrogen-bond donors (Lipinski definition) is 1. The van der Waals surface area contributed by atoms with Crippen LogP contribution < -0.4 is 4.90 Å². The summed E-state index contributed by atoms with van der Waals surface area (Å²) in [5.74, 6) is 0. The monoisotopic (exact) mass is 252 g/mol. The molecular weight excluding hydrogens is 236 g/mol. The van der Waals surface area contributed by atoms with E-state index in [4.69, 9.17) is 4.55 Å². The highest BCUT2D eigenvalue weighted by Gasteiger charge is 2.15. The van der Waals surface area contributed by atoms with Crippen LogP contribution in [0.4, 0.5) is 5.69 Å². The van der Waals surface area contributed by atoms with E-state index < -0.39 is 11.1 Å². The van der Waals surface area contributed by atoms with E-state index in [1.54, 1.807) is 6.92 Å². The molecule has 1 N–H and O–H groups in total. The lowest BCUT2D eigenvalue weighted by Crippen LogP contribution is -2.21. The van der Waals surface area contributed by atoms with Crippen molar-refractivity contribution < 1.29 is 8.76 Å². The van der Waals surface area contributed by atoms with Crippen molar-refractivity contribution in [3.8, 4) is 0 Å². The first kappa shape index (κ1) is 12.1. The molecule has 0 radical (unpaired) electrons. The van der Waals surface area contributed by atoms with Crippen molar-refractivity contribution in [2.75, 3.05) is 18.6 Å². The quantitative estimate of drug-likeness (QED) is 0.837. The van der Waals surface area contributed by atoms with Crippen LogP contribution in [0.15, 0.2) is 36.7 Å². The van der Waals surface area contributed by atoms with Crippen molar-refractivity contribution in [3.63, 3.8) is 0 Å². The first-order valence-electron chi connectivity index (χ1n) is 5.43. The molecule has 0 fully saturated rings. The SMILES string of the molecule is CC(c1cccc(N2C=CN(C)C2)c1)S(=O)O. The first-order valence-corrected chi connectivity index (χ1v) is 6.60. The molecule has 2 atom stereocenters. The molecule has 0 aromatic heterocycles. The molecule has 1 aliphatic rings. The summed E-state index contributed by atoms with van der Waals surface area (Å²) in [6.07, 6.45) is 4.00. The number of nitrogens with zero attached hydrogens (tertiary/aromatic N) is 2. The summed E-state index contributed by atoms with van der Waals surface area (Å²) in [5.41, 5.74) is 1.92. The van der Waals surface area contributed by atoms with Gasteiger partial charge in [0.2, 0.25) is 0 Å². The van der Waals surface area contributed by atoms with Crippen LogP contribution in [-0.2, 0) is 11.1 Å². The maximum atomic E-state index is 11.1. The summed E-state index contributed by atoms with van der Waals surface area (Å²) in [4.78, 5) is 4.16. The third kappa shape index (κ3) is 2.68. The van der Waals surface area contributed by atoms with Crippen LogP contribution in [0.5, 0.6) is 0 Å². The van der Waals surface area contributed by atoms with Crippen LogP contribution in [0.25, 0.3) is 0 Å². The van der Waals surface area contributed by atoms with Gasteiger partial charge in [0.1, 0.15) is 0 Å². The van der Waals surface area contributed by atoms with Gasteiger partial charge in [-0.3, -0.25) is 0 Å². The molecule has 0 bridgehead atoms. The van der Waals surface area contributed by atoms with Gasteiger partial charge in [0, 0.05) is 25.1 Å². The van der Waals surface area contributed by atoms with Crippen molar-refractivity contribution in [1.82, 2.24) is 4.90 Å². The zero-order valence-corrected chi connectivity index (χ0v) is 10.7. The standard InChI is InChI=1S/C12H16N2O2S/c1-10(17(15)16)11-4-3-5-12(8-11)14-7-6-13(2)9-14/h3-8,10H,9H2,1-2H3,(H,15,16). The predicted octanol–water partition coefficient (Wildman–Crippen LogP) is 2.15. The van der Waals surface area contributed by atoms with Gasteiger partial charge >= 0.3 is 0 Å². The van der Waals surface area contributed by atoms with E-state index >= 15 is 0 Å². The van der Waals surface area contributed by atoms with Gasteiger partial charge in [0.15, 0.2) is 11.1 Å². The Balaban J connectivity index is 2.23. The second-order valence-electron chi connectivity index (χ2n) is 4.18. The van der Waals surface area contributed by atoms with Crippen LogP contribution in [-0.4, -0.2) is 27.4 Å². The third-order valence-corrected chi connectivity index (χ3v) is 3.73. The minimum absolute atomic E-state index is 0.362. The Kier molecular flexibility index (Phi) is 3.49. The third-order valence-electron chi connectivity index (χ3n) is 2.85. The maximum Gasteiger partial charge on any atom is 0.160 e. The van der Waals surface area contributed by atoms with Crippen molar-refractivity contribution in [2.24, 2.45) is 0 Å². The average molecular weight is 252 g/mol. The van der Waals surface area contributed by atoms with E-state index in [-0.39, 0.29) is 5.25 Å². The summed E-state index contributed by atoms with van der Waals surface area (Å²) in [5, 5.41) is -0.362. The molecule has 0 aliphatic carbocycles. The summed E-state index contributed by atoms with van der Waals surface area (Å²) in [7, 11) is 2.01. The van der Waals surface area contributed by atoms with Crippen LogP contribution in [0.2, 0.25) is 0 Å². The van der Waals surface area contributed by atoms with Gasteiger partial charge in [-0.2, -0.15) is 0 Å². The number of rotatable bonds is 3. The highest BCUT2D eigenvalue weighted by atomic mass is 32.2. The molecule has 2 unspecified atom stereocenters. The van der Waals surface area contributed by atoms with Crippen LogP contribution in [0.1, 0.15) is 17.7 Å². The zero-order chi connectivity index (χ0) is 12.4. The van der Waals surface area contributed by atoms with Gasteiger partial charge < -0.3 is 14.4 Å². The Bertz CT molecular complexity index is 462. The van der Waals surface area contributed by atoms with Crippen LogP contribution in [0.3, 0.4) is 0 Å². The Morgan fingerprint density at radius 1 is 1.41 bits per heavy atom. The molecule has 1 aromatic carbocycles. The number of benzene rings is 1. The van der Waals surface area contributed by atoms with E-state index in [1.807, 2.05) is 43.7 Å². The number of anilines is 1. The van der Waals surface area contributed by atoms with Gasteiger partial charge in [-0.25, -0.2) is 4.21 Å². The summed E-state index contributed by atoms with van der Waals surface area (Å²) in [6, 6.07) is 7.76. The molecule has 4 nitrogen and oxygen atoms in total. The molecule has 1 aliphatic heterocycles. The minimum Gasteiger partial charge on any atom is -0.361 e. The second kappa shape index (κ2) is 4.89. The smallest absolute Gasteiger partial charge is 0.160 e. The zero-order valence-electron chi connectivity index (χ0n) is 9.91. The molecule has 2 rings (SSSR count). The van der Waals surface area contributed by atoms with Gasteiger partial charge in [-0.15, -0.1) is 0 Å². The van der Waals surface area contributed by atoms with Gasteiger partial charge in [0.25, 0.3) is 0 Å². The molecule has 0 amide bonds. The number of hydrogen-bond acceptors (Lipinski definition) is 3. The molecule has 5 heteroatoms. The van der Waals surface area contributed by atoms with Gasteiger partial charge in [-0.05, 0) is 24.6 Å². The van der Waals surface area contributed by atoms with E-state index in [9.17, 15) is 4.21 Å². The Morgan fingerprint density at radius 2 is 2.18 bits per heavy atom. The fourth-order valence-corrected chi connectivity index (χ4v) is 2.15. The minimum atomic E-state index is -1.83. The first-order chi connectivity index (χ1) is 8.08. The predicted molar refractivity (Wildman–Crippen MR) is 69.9 cm³/mol. The molecule has 17 heavy (non-hydrogen) atoms. The molecule has 0 saturated heterocycles. The lowest BCUT2D eigenvalue weighted by molar-refractivity contribution is 0.495. The van der Waals surface area contributed by atoms with Crippen molar-refractivity contribution in [1.29, 1.82) is 0 Å². The Hall–Kier alpha value is -1.33. The van der Waals surface area contributed by atoms with E-state index in [1.165, 1.54) is 0 Å². The fraction of sp³-hybridized carbons (Fsp3) is 0.333. The van der Waals surface area contributed by atoms with Gasteiger partial charge in [-0.1, -0.05) is 12.1 Å². The normalized spacial score (nSPS) is 18.5. The average Bonchev–Trinajstić information content (AvgIpc) is 2.75. The van der Waals surface area contributed by atoms with E-state index in [0.29, 0.717) is 0 Å². The lowest BCUT2D eigenvalue weighted by atomic mass is 10.1. The summed E-state index contributed by atoms with van der Waals surface area (Å²) >= 11 is -1.83. The second-order valence-corrected chi connectivity index (χ2v) is 5.44. The van der Waals surface area contributed by atoms with Crippen molar-refractivity contribution in [2.45, 2.75) is 12.2 Å². The highest BCUT2D eigenvalue weighted by Crippen LogP contribution is 2.25. The molecular formula is C12H16N2O2S. The van der Waals surface area contributed by atoms with Crippen molar-refractivity contribution >= 4 is 16.8 Å². The Morgan fingerprint density at radius 3 is 2.76 bits per heavy atom. The lowest BCUT2D eigenvalue weighted by Gasteiger charge is -2.19. The molecule has 0 saturated carbocycles. The molecule has 1 heterocycles. The molecule has 92 valence electrons. The molecule has 1 aromatic rings. The van der Waals surface area contributed by atoms with Crippen LogP contribution >= 0.6 is 0 Å². The van der Waals surface area contributed by atoms with E-state index in [0.717, 1.165) is 17.9 Å². The van der Waals surface area contributed by atoms with Gasteiger partial charge in [0.05, 0.1) is 11.9 Å². The van der Waals surface area contributed by atoms with Crippen molar-refractivity contribution in [3.05, 3.63) is 42.2 Å². The topological polar surface area (TPSA) is 43.8 Å². The van der Waals surface area contributed by atoms with Crippen LogP contribution in [0, 0.1) is 0 Å². The Labute approximate surface area is 104 Å². The summed E-state index contributed by atoms with van der Waals surface area (Å²) in [6.45, 7) is 2.56. The maximum absolute atomic E-state index is 11.1. The largest absolute Gasteiger partial charge is 0.361 e.